The number of rotatable bonds is 2. The van der Waals surface area contributed by atoms with Gasteiger partial charge in [0.25, 0.3) is 0 Å². The van der Waals surface area contributed by atoms with Crippen LogP contribution in [0.4, 0.5) is 0 Å². The Morgan fingerprint density at radius 3 is 2.81 bits per heavy atom. The molecule has 4 heteroatoms. The molecule has 2 aromatic rings. The zero-order valence-electron chi connectivity index (χ0n) is 9.13. The fraction of sp³-hybridized carbons (Fsp3) is 0.250. The molecule has 0 fully saturated rings. The van der Waals surface area contributed by atoms with Crippen LogP contribution in [0.3, 0.4) is 0 Å². The Balaban J connectivity index is 2.93. The van der Waals surface area contributed by atoms with E-state index in [2.05, 4.69) is 4.98 Å². The molecule has 1 heterocycles. The molecule has 0 saturated heterocycles. The van der Waals surface area contributed by atoms with Crippen molar-refractivity contribution in [3.05, 3.63) is 39.1 Å². The number of fused-ring (bicyclic) bond motifs is 1. The first-order valence-electron chi connectivity index (χ1n) is 5.05. The number of hydrogen-bond acceptors (Lipinski definition) is 2. The molecule has 2 rings (SSSR count). The van der Waals surface area contributed by atoms with Crippen LogP contribution >= 0.6 is 11.6 Å². The van der Waals surface area contributed by atoms with E-state index >= 15 is 0 Å². The lowest BCUT2D eigenvalue weighted by Crippen LogP contribution is -2.06. The van der Waals surface area contributed by atoms with Gasteiger partial charge in [-0.3, -0.25) is 4.79 Å². The minimum absolute atomic E-state index is 0.0745. The minimum Gasteiger partial charge on any atom is -0.495 e. The van der Waals surface area contributed by atoms with Crippen molar-refractivity contribution in [2.45, 2.75) is 13.3 Å². The molecule has 1 aromatic carbocycles. The maximum Gasteiger partial charge on any atom is 0.191 e. The number of H-pyrrole nitrogens is 1. The SMILES string of the molecule is CCc1cc(=O)c2c(Cl)ccc(OC)c2[nH]1. The highest BCUT2D eigenvalue weighted by Gasteiger charge is 2.09. The first-order valence-corrected chi connectivity index (χ1v) is 5.43. The summed E-state index contributed by atoms with van der Waals surface area (Å²) >= 11 is 6.01. The smallest absolute Gasteiger partial charge is 0.191 e. The molecule has 0 amide bonds. The molecule has 0 aliphatic heterocycles. The van der Waals surface area contributed by atoms with Gasteiger partial charge in [0.2, 0.25) is 0 Å². The van der Waals surface area contributed by atoms with Gasteiger partial charge in [-0.2, -0.15) is 0 Å². The summed E-state index contributed by atoms with van der Waals surface area (Å²) in [5.74, 6) is 0.631. The van der Waals surface area contributed by atoms with Crippen molar-refractivity contribution in [3.8, 4) is 5.75 Å². The number of halogens is 1. The highest BCUT2D eigenvalue weighted by atomic mass is 35.5. The van der Waals surface area contributed by atoms with Gasteiger partial charge >= 0.3 is 0 Å². The van der Waals surface area contributed by atoms with Crippen molar-refractivity contribution in [1.82, 2.24) is 4.98 Å². The Labute approximate surface area is 98.0 Å². The molecule has 1 N–H and O–H groups in total. The van der Waals surface area contributed by atoms with Crippen LogP contribution in [0.2, 0.25) is 5.02 Å². The summed E-state index contributed by atoms with van der Waals surface area (Å²) in [6.45, 7) is 1.98. The fourth-order valence-corrected chi connectivity index (χ4v) is 1.96. The summed E-state index contributed by atoms with van der Waals surface area (Å²) in [5, 5.41) is 0.929. The predicted molar refractivity (Wildman–Crippen MR) is 65.5 cm³/mol. The Kier molecular flexibility index (Phi) is 2.88. The van der Waals surface area contributed by atoms with Crippen molar-refractivity contribution >= 4 is 22.5 Å². The lowest BCUT2D eigenvalue weighted by Gasteiger charge is -2.08. The second kappa shape index (κ2) is 4.18. The summed E-state index contributed by atoms with van der Waals surface area (Å²) in [6.07, 6.45) is 0.765. The molecule has 0 aliphatic carbocycles. The average Bonchev–Trinajstić information content (AvgIpc) is 2.28. The van der Waals surface area contributed by atoms with Gasteiger partial charge in [-0.15, -0.1) is 0 Å². The zero-order valence-corrected chi connectivity index (χ0v) is 9.89. The van der Waals surface area contributed by atoms with Crippen LogP contribution in [0.25, 0.3) is 10.9 Å². The topological polar surface area (TPSA) is 42.1 Å². The van der Waals surface area contributed by atoms with Crippen molar-refractivity contribution in [2.24, 2.45) is 0 Å². The van der Waals surface area contributed by atoms with E-state index in [4.69, 9.17) is 16.3 Å². The number of ether oxygens (including phenoxy) is 1. The Bertz CT molecular complexity index is 589. The molecule has 16 heavy (non-hydrogen) atoms. The van der Waals surface area contributed by atoms with E-state index in [1.54, 1.807) is 25.3 Å². The first kappa shape index (κ1) is 11.0. The number of nitrogens with one attached hydrogen (secondary N) is 1. The molecule has 0 atom stereocenters. The van der Waals surface area contributed by atoms with E-state index in [-0.39, 0.29) is 5.43 Å². The maximum absolute atomic E-state index is 11.9. The average molecular weight is 238 g/mol. The monoisotopic (exact) mass is 237 g/mol. The number of aromatic nitrogens is 1. The van der Waals surface area contributed by atoms with Gasteiger partial charge in [-0.1, -0.05) is 18.5 Å². The molecule has 84 valence electrons. The number of methoxy groups -OCH3 is 1. The van der Waals surface area contributed by atoms with Crippen LogP contribution in [0.15, 0.2) is 23.0 Å². The lowest BCUT2D eigenvalue weighted by molar-refractivity contribution is 0.419. The van der Waals surface area contributed by atoms with Crippen molar-refractivity contribution < 1.29 is 4.74 Å². The van der Waals surface area contributed by atoms with E-state index in [0.29, 0.717) is 21.7 Å². The molecule has 0 spiro atoms. The molecule has 1 aromatic heterocycles. The molecule has 0 aliphatic rings. The Morgan fingerprint density at radius 1 is 1.44 bits per heavy atom. The van der Waals surface area contributed by atoms with Crippen molar-refractivity contribution in [1.29, 1.82) is 0 Å². The van der Waals surface area contributed by atoms with Gasteiger partial charge in [-0.05, 0) is 18.6 Å². The second-order valence-electron chi connectivity index (χ2n) is 3.51. The van der Waals surface area contributed by atoms with Crippen molar-refractivity contribution in [3.63, 3.8) is 0 Å². The third kappa shape index (κ3) is 1.67. The number of benzene rings is 1. The van der Waals surface area contributed by atoms with Gasteiger partial charge in [0.1, 0.15) is 5.75 Å². The Morgan fingerprint density at radius 2 is 2.19 bits per heavy atom. The highest BCUT2D eigenvalue weighted by molar-refractivity contribution is 6.35. The summed E-state index contributed by atoms with van der Waals surface area (Å²) in [6, 6.07) is 5.00. The minimum atomic E-state index is -0.0745. The number of hydrogen-bond donors (Lipinski definition) is 1. The highest BCUT2D eigenvalue weighted by Crippen LogP contribution is 2.27. The Hall–Kier alpha value is -1.48. The van der Waals surface area contributed by atoms with Crippen LogP contribution in [-0.4, -0.2) is 12.1 Å². The normalized spacial score (nSPS) is 10.7. The van der Waals surface area contributed by atoms with E-state index in [1.165, 1.54) is 0 Å². The lowest BCUT2D eigenvalue weighted by atomic mass is 10.1. The molecule has 3 nitrogen and oxygen atoms in total. The second-order valence-corrected chi connectivity index (χ2v) is 3.92. The van der Waals surface area contributed by atoms with E-state index in [1.807, 2.05) is 6.92 Å². The van der Waals surface area contributed by atoms with Gasteiger partial charge in [-0.25, -0.2) is 0 Å². The third-order valence-electron chi connectivity index (χ3n) is 2.55. The van der Waals surface area contributed by atoms with Gasteiger partial charge in [0.05, 0.1) is 23.0 Å². The van der Waals surface area contributed by atoms with Crippen LogP contribution in [0.1, 0.15) is 12.6 Å². The zero-order chi connectivity index (χ0) is 11.7. The van der Waals surface area contributed by atoms with Gasteiger partial charge in [0, 0.05) is 11.8 Å². The number of pyridine rings is 1. The number of aromatic amines is 1. The van der Waals surface area contributed by atoms with Crippen molar-refractivity contribution in [2.75, 3.05) is 7.11 Å². The fourth-order valence-electron chi connectivity index (χ4n) is 1.71. The summed E-state index contributed by atoms with van der Waals surface area (Å²) in [7, 11) is 1.57. The van der Waals surface area contributed by atoms with Crippen LogP contribution in [0, 0.1) is 0 Å². The molecule has 0 radical (unpaired) electrons. The van der Waals surface area contributed by atoms with Crippen LogP contribution < -0.4 is 10.2 Å². The van der Waals surface area contributed by atoms with Gasteiger partial charge in [0.15, 0.2) is 5.43 Å². The van der Waals surface area contributed by atoms with Crippen LogP contribution in [-0.2, 0) is 6.42 Å². The largest absolute Gasteiger partial charge is 0.495 e. The maximum atomic E-state index is 11.9. The summed E-state index contributed by atoms with van der Waals surface area (Å²) in [5.41, 5.74) is 1.46. The van der Waals surface area contributed by atoms with E-state index in [9.17, 15) is 4.79 Å². The molecular formula is C12H12ClNO2. The summed E-state index contributed by atoms with van der Waals surface area (Å²) < 4.78 is 5.21. The number of aryl methyl sites for hydroxylation is 1. The molecule has 0 unspecified atom stereocenters. The quantitative estimate of drug-likeness (QED) is 0.873. The standard InChI is InChI=1S/C12H12ClNO2/c1-3-7-6-9(15)11-8(13)4-5-10(16-2)12(11)14-7/h4-6H,3H2,1-2H3,(H,14,15). The molecular weight excluding hydrogens is 226 g/mol. The predicted octanol–water partition coefficient (Wildman–Crippen LogP) is 2.75. The first-order chi connectivity index (χ1) is 7.67. The summed E-state index contributed by atoms with van der Waals surface area (Å²) in [4.78, 5) is 15.1. The van der Waals surface area contributed by atoms with Gasteiger partial charge < -0.3 is 9.72 Å². The van der Waals surface area contributed by atoms with E-state index < -0.39 is 0 Å². The van der Waals surface area contributed by atoms with E-state index in [0.717, 1.165) is 12.1 Å². The third-order valence-corrected chi connectivity index (χ3v) is 2.87. The molecule has 0 bridgehead atoms. The molecule has 0 saturated carbocycles. The van der Waals surface area contributed by atoms with Crippen LogP contribution in [0.5, 0.6) is 5.75 Å².